The number of rotatable bonds is 5. The van der Waals surface area contributed by atoms with Crippen LogP contribution in [0.5, 0.6) is 0 Å². The van der Waals surface area contributed by atoms with E-state index in [0.717, 1.165) is 50.5 Å². The van der Waals surface area contributed by atoms with Crippen LogP contribution in [0.1, 0.15) is 57.4 Å². The lowest BCUT2D eigenvalue weighted by molar-refractivity contribution is -0.127. The van der Waals surface area contributed by atoms with E-state index in [1.54, 1.807) is 4.90 Å². The van der Waals surface area contributed by atoms with Gasteiger partial charge in [0, 0.05) is 13.6 Å². The number of carbonyl (C=O) groups excluding carboxylic acids is 1. The Hall–Kier alpha value is -2.83. The number of aromatic amines is 1. The molecule has 0 radical (unpaired) electrons. The molecule has 2 aliphatic rings. The predicted molar refractivity (Wildman–Crippen MR) is 122 cm³/mol. The molecule has 7 nitrogen and oxygen atoms in total. The zero-order chi connectivity index (χ0) is 22.2. The van der Waals surface area contributed by atoms with Crippen LogP contribution < -0.4 is 21.9 Å². The molecule has 3 N–H and O–H groups in total. The summed E-state index contributed by atoms with van der Waals surface area (Å²) in [5.41, 5.74) is 5.51. The Morgan fingerprint density at radius 3 is 2.39 bits per heavy atom. The van der Waals surface area contributed by atoms with Crippen molar-refractivity contribution in [3.63, 3.8) is 0 Å². The Kier molecular flexibility index (Phi) is 5.77. The summed E-state index contributed by atoms with van der Waals surface area (Å²) in [5, 5.41) is 0. The van der Waals surface area contributed by atoms with E-state index in [1.807, 2.05) is 30.3 Å². The number of hydrogen-bond donors (Lipinski definition) is 2. The number of nitrogens with one attached hydrogen (secondary N) is 1. The molecule has 7 heteroatoms. The fraction of sp³-hybridized carbons (Fsp3) is 0.542. The fourth-order valence-electron chi connectivity index (χ4n) is 5.10. The largest absolute Gasteiger partial charge is 0.383 e. The normalized spacial score (nSPS) is 22.5. The second-order valence-electron chi connectivity index (χ2n) is 9.40. The van der Waals surface area contributed by atoms with Crippen LogP contribution >= 0.6 is 0 Å². The van der Waals surface area contributed by atoms with Crippen molar-refractivity contribution >= 4 is 17.4 Å². The molecule has 1 amide bonds. The Labute approximate surface area is 182 Å². The Morgan fingerprint density at radius 1 is 1.16 bits per heavy atom. The molecule has 0 unspecified atom stereocenters. The van der Waals surface area contributed by atoms with Crippen LogP contribution in [0.25, 0.3) is 0 Å². The first-order chi connectivity index (χ1) is 14.8. The summed E-state index contributed by atoms with van der Waals surface area (Å²) < 4.78 is 1.20. The summed E-state index contributed by atoms with van der Waals surface area (Å²) in [4.78, 5) is 43.0. The Balaban J connectivity index is 1.78. The van der Waals surface area contributed by atoms with Crippen molar-refractivity contribution in [3.8, 4) is 0 Å². The van der Waals surface area contributed by atoms with Gasteiger partial charge in [0.2, 0.25) is 5.91 Å². The molecule has 1 aromatic carbocycles. The van der Waals surface area contributed by atoms with Gasteiger partial charge in [0.25, 0.3) is 5.56 Å². The molecular weight excluding hydrogens is 392 g/mol. The minimum Gasteiger partial charge on any atom is -0.383 e. The molecule has 0 spiro atoms. The smallest absolute Gasteiger partial charge is 0.329 e. The molecule has 2 saturated carbocycles. The average molecular weight is 425 g/mol. The Morgan fingerprint density at radius 2 is 1.81 bits per heavy atom. The van der Waals surface area contributed by atoms with Gasteiger partial charge in [-0.3, -0.25) is 19.1 Å². The van der Waals surface area contributed by atoms with Crippen molar-refractivity contribution in [2.45, 2.75) is 57.3 Å². The number of nitrogens with two attached hydrogens (primary N) is 1. The highest BCUT2D eigenvalue weighted by molar-refractivity contribution is 6.03. The minimum atomic E-state index is -0.642. The van der Waals surface area contributed by atoms with Gasteiger partial charge in [-0.15, -0.1) is 0 Å². The summed E-state index contributed by atoms with van der Waals surface area (Å²) in [5.74, 6) is 0.950. The third kappa shape index (κ3) is 3.82. The first-order valence-corrected chi connectivity index (χ1v) is 11.3. The van der Waals surface area contributed by atoms with Crippen LogP contribution in [0.2, 0.25) is 0 Å². The van der Waals surface area contributed by atoms with Gasteiger partial charge in [0.1, 0.15) is 5.82 Å². The molecule has 31 heavy (non-hydrogen) atoms. The third-order valence-electron chi connectivity index (χ3n) is 7.38. The van der Waals surface area contributed by atoms with Crippen molar-refractivity contribution in [1.82, 2.24) is 9.55 Å². The van der Waals surface area contributed by atoms with E-state index < -0.39 is 16.7 Å². The molecule has 4 rings (SSSR count). The van der Waals surface area contributed by atoms with Gasteiger partial charge in [0.05, 0.1) is 5.41 Å². The number of aromatic nitrogens is 2. The van der Waals surface area contributed by atoms with Crippen LogP contribution in [0.15, 0.2) is 39.9 Å². The van der Waals surface area contributed by atoms with Crippen LogP contribution in [0, 0.1) is 11.8 Å². The van der Waals surface area contributed by atoms with E-state index in [1.165, 1.54) is 11.6 Å². The number of carbonyl (C=O) groups is 1. The zero-order valence-electron chi connectivity index (χ0n) is 18.4. The summed E-state index contributed by atoms with van der Waals surface area (Å²) in [6.07, 6.45) is 6.74. The second-order valence-corrected chi connectivity index (χ2v) is 9.40. The number of amides is 1. The maximum absolute atomic E-state index is 14.1. The zero-order valence-corrected chi connectivity index (χ0v) is 18.4. The van der Waals surface area contributed by atoms with E-state index in [-0.39, 0.29) is 17.4 Å². The summed E-state index contributed by atoms with van der Waals surface area (Å²) in [6.45, 7) is 2.71. The second kappa shape index (κ2) is 8.36. The summed E-state index contributed by atoms with van der Waals surface area (Å²) in [6, 6.07) is 9.82. The van der Waals surface area contributed by atoms with Gasteiger partial charge < -0.3 is 10.6 Å². The molecule has 2 fully saturated rings. The monoisotopic (exact) mass is 424 g/mol. The van der Waals surface area contributed by atoms with E-state index in [9.17, 15) is 14.4 Å². The van der Waals surface area contributed by atoms with Gasteiger partial charge in [-0.1, -0.05) is 56.5 Å². The van der Waals surface area contributed by atoms with E-state index >= 15 is 0 Å². The first kappa shape index (κ1) is 21.4. The molecule has 2 aliphatic carbocycles. The van der Waals surface area contributed by atoms with Crippen LogP contribution in [0.4, 0.5) is 11.5 Å². The standard InChI is InChI=1S/C24H32N4O3/c1-16-9-11-17(12-10-16)15-28(19-20(25)27(2)23(31)26-21(19)29)22(30)24(13-6-14-24)18-7-4-3-5-8-18/h3-5,7-8,16-17H,6,9-15,25H2,1-2H3,(H,26,29,31)/t16-,17-. The molecule has 0 atom stereocenters. The highest BCUT2D eigenvalue weighted by Crippen LogP contribution is 2.46. The maximum Gasteiger partial charge on any atom is 0.329 e. The molecule has 1 heterocycles. The van der Waals surface area contributed by atoms with Gasteiger partial charge >= 0.3 is 5.69 Å². The number of nitrogens with zero attached hydrogens (tertiary/aromatic N) is 2. The van der Waals surface area contributed by atoms with E-state index in [4.69, 9.17) is 5.73 Å². The topological polar surface area (TPSA) is 101 Å². The molecular formula is C24H32N4O3. The van der Waals surface area contributed by atoms with Crippen molar-refractivity contribution < 1.29 is 4.79 Å². The van der Waals surface area contributed by atoms with Gasteiger partial charge in [-0.05, 0) is 43.1 Å². The first-order valence-electron chi connectivity index (χ1n) is 11.3. The average Bonchev–Trinajstić information content (AvgIpc) is 2.73. The molecule has 2 aromatic rings. The number of hydrogen-bond acceptors (Lipinski definition) is 4. The van der Waals surface area contributed by atoms with Gasteiger partial charge in [0.15, 0.2) is 5.69 Å². The SMILES string of the molecule is Cn1c(N)c(N(C[C@H]2CC[C@H](C)CC2)C(=O)C2(c3ccccc3)CCC2)c(=O)[nH]c1=O. The van der Waals surface area contributed by atoms with E-state index in [0.29, 0.717) is 18.4 Å². The molecule has 166 valence electrons. The highest BCUT2D eigenvalue weighted by atomic mass is 16.2. The van der Waals surface area contributed by atoms with Crippen LogP contribution in [0.3, 0.4) is 0 Å². The summed E-state index contributed by atoms with van der Waals surface area (Å²) in [7, 11) is 1.51. The minimum absolute atomic E-state index is 0.0359. The molecule has 1 aromatic heterocycles. The fourth-order valence-corrected chi connectivity index (χ4v) is 5.10. The van der Waals surface area contributed by atoms with Crippen LogP contribution in [-0.4, -0.2) is 22.0 Å². The number of anilines is 2. The molecule has 0 saturated heterocycles. The lowest BCUT2D eigenvalue weighted by Gasteiger charge is -2.45. The maximum atomic E-state index is 14.1. The molecule has 0 bridgehead atoms. The van der Waals surface area contributed by atoms with Crippen molar-refractivity contribution in [3.05, 3.63) is 56.7 Å². The van der Waals surface area contributed by atoms with Gasteiger partial charge in [-0.2, -0.15) is 0 Å². The number of H-pyrrole nitrogens is 1. The predicted octanol–water partition coefficient (Wildman–Crippen LogP) is 2.94. The van der Waals surface area contributed by atoms with Crippen molar-refractivity contribution in [2.24, 2.45) is 18.9 Å². The van der Waals surface area contributed by atoms with Gasteiger partial charge in [-0.25, -0.2) is 4.79 Å². The highest BCUT2D eigenvalue weighted by Gasteiger charge is 2.49. The lowest BCUT2D eigenvalue weighted by atomic mass is 9.63. The lowest BCUT2D eigenvalue weighted by Crippen LogP contribution is -2.54. The third-order valence-corrected chi connectivity index (χ3v) is 7.38. The number of nitrogen functional groups attached to an aromatic ring is 1. The van der Waals surface area contributed by atoms with Crippen molar-refractivity contribution in [1.29, 1.82) is 0 Å². The summed E-state index contributed by atoms with van der Waals surface area (Å²) >= 11 is 0. The van der Waals surface area contributed by atoms with Crippen LogP contribution in [-0.2, 0) is 17.3 Å². The molecule has 0 aliphatic heterocycles. The quantitative estimate of drug-likeness (QED) is 0.770. The Bertz CT molecular complexity index is 1060. The van der Waals surface area contributed by atoms with Crippen molar-refractivity contribution in [2.75, 3.05) is 17.2 Å². The number of benzene rings is 1. The van der Waals surface area contributed by atoms with E-state index in [2.05, 4.69) is 11.9 Å².